The second kappa shape index (κ2) is 3.81. The van der Waals surface area contributed by atoms with Crippen molar-refractivity contribution in [2.75, 3.05) is 11.9 Å². The van der Waals surface area contributed by atoms with Crippen molar-refractivity contribution >= 4 is 5.69 Å². The molecule has 0 radical (unpaired) electrons. The van der Waals surface area contributed by atoms with Gasteiger partial charge in [-0.05, 0) is 6.42 Å². The number of nitrogens with one attached hydrogen (secondary N) is 1. The smallest absolute Gasteiger partial charge is 0.0726 e. The van der Waals surface area contributed by atoms with Crippen LogP contribution in [0.4, 0.5) is 5.69 Å². The Kier molecular flexibility index (Phi) is 2.72. The van der Waals surface area contributed by atoms with Crippen LogP contribution in [-0.4, -0.2) is 16.3 Å². The van der Waals surface area contributed by atoms with E-state index in [-0.39, 0.29) is 0 Å². The van der Waals surface area contributed by atoms with E-state index in [4.69, 9.17) is 0 Å². The monoisotopic (exact) mass is 151 g/mol. The Hall–Kier alpha value is -1.25. The van der Waals surface area contributed by atoms with Gasteiger partial charge in [0.1, 0.15) is 0 Å². The van der Waals surface area contributed by atoms with Crippen LogP contribution in [0.5, 0.6) is 0 Å². The molecule has 0 aliphatic carbocycles. The molecule has 1 rings (SSSR count). The molecule has 0 amide bonds. The summed E-state index contributed by atoms with van der Waals surface area (Å²) in [5.41, 5.74) is 1.06. The topological polar surface area (TPSA) is 29.9 Å². The van der Waals surface area contributed by atoms with Crippen LogP contribution >= 0.6 is 0 Å². The van der Waals surface area contributed by atoms with Crippen LogP contribution in [0.1, 0.15) is 6.42 Å². The van der Waals surface area contributed by atoms with Crippen molar-refractivity contribution in [1.29, 1.82) is 0 Å². The quantitative estimate of drug-likeness (QED) is 0.521. The minimum Gasteiger partial charge on any atom is -0.382 e. The van der Waals surface area contributed by atoms with E-state index < -0.39 is 0 Å². The second-order valence-electron chi connectivity index (χ2n) is 2.41. The predicted octanol–water partition coefficient (Wildman–Crippen LogP) is 1.41. The van der Waals surface area contributed by atoms with Gasteiger partial charge in [-0.3, -0.25) is 4.68 Å². The molecule has 0 spiro atoms. The maximum Gasteiger partial charge on any atom is 0.0726 e. The van der Waals surface area contributed by atoms with Crippen LogP contribution in [0.3, 0.4) is 0 Å². The van der Waals surface area contributed by atoms with Crippen molar-refractivity contribution in [3.63, 3.8) is 0 Å². The molecule has 0 atom stereocenters. The molecular weight excluding hydrogens is 138 g/mol. The molecule has 60 valence electrons. The van der Waals surface area contributed by atoms with Gasteiger partial charge in [0.15, 0.2) is 0 Å². The van der Waals surface area contributed by atoms with E-state index in [2.05, 4.69) is 17.0 Å². The first-order valence-electron chi connectivity index (χ1n) is 3.66. The van der Waals surface area contributed by atoms with Crippen molar-refractivity contribution in [1.82, 2.24) is 9.78 Å². The highest BCUT2D eigenvalue weighted by atomic mass is 15.3. The van der Waals surface area contributed by atoms with Crippen molar-refractivity contribution in [3.8, 4) is 0 Å². The molecule has 0 unspecified atom stereocenters. The van der Waals surface area contributed by atoms with Crippen molar-refractivity contribution in [2.24, 2.45) is 7.05 Å². The number of anilines is 1. The van der Waals surface area contributed by atoms with Crippen molar-refractivity contribution in [3.05, 3.63) is 25.0 Å². The van der Waals surface area contributed by atoms with Gasteiger partial charge in [-0.15, -0.1) is 6.58 Å². The van der Waals surface area contributed by atoms with Gasteiger partial charge < -0.3 is 5.32 Å². The summed E-state index contributed by atoms with van der Waals surface area (Å²) in [4.78, 5) is 0. The minimum atomic E-state index is 0.926. The lowest BCUT2D eigenvalue weighted by atomic mass is 10.4. The fourth-order valence-electron chi connectivity index (χ4n) is 0.831. The van der Waals surface area contributed by atoms with E-state index in [9.17, 15) is 0 Å². The molecule has 0 bridgehead atoms. The summed E-state index contributed by atoms with van der Waals surface area (Å²) in [6, 6.07) is 0. The summed E-state index contributed by atoms with van der Waals surface area (Å²) < 4.78 is 1.77. The SMILES string of the molecule is C=CCCNc1cnn(C)c1. The predicted molar refractivity (Wildman–Crippen MR) is 46.5 cm³/mol. The van der Waals surface area contributed by atoms with Gasteiger partial charge in [0.05, 0.1) is 11.9 Å². The van der Waals surface area contributed by atoms with Crippen LogP contribution in [0.15, 0.2) is 25.0 Å². The fraction of sp³-hybridized carbons (Fsp3) is 0.375. The molecule has 1 aromatic heterocycles. The van der Waals surface area contributed by atoms with Gasteiger partial charge in [-0.25, -0.2) is 0 Å². The van der Waals surface area contributed by atoms with E-state index in [1.807, 2.05) is 25.5 Å². The average Bonchev–Trinajstić information content (AvgIpc) is 2.37. The molecule has 0 aliphatic rings. The molecular formula is C8H13N3. The Morgan fingerprint density at radius 1 is 1.82 bits per heavy atom. The maximum absolute atomic E-state index is 4.02. The van der Waals surface area contributed by atoms with E-state index in [1.54, 1.807) is 4.68 Å². The Balaban J connectivity index is 2.32. The number of rotatable bonds is 4. The van der Waals surface area contributed by atoms with Crippen LogP contribution in [0.25, 0.3) is 0 Å². The van der Waals surface area contributed by atoms with Crippen LogP contribution < -0.4 is 5.32 Å². The van der Waals surface area contributed by atoms with Crippen molar-refractivity contribution < 1.29 is 0 Å². The Bertz CT molecular complexity index is 227. The number of nitrogens with zero attached hydrogens (tertiary/aromatic N) is 2. The molecule has 0 saturated heterocycles. The highest BCUT2D eigenvalue weighted by Crippen LogP contribution is 2.02. The fourth-order valence-corrected chi connectivity index (χ4v) is 0.831. The number of aryl methyl sites for hydroxylation is 1. The van der Waals surface area contributed by atoms with Gasteiger partial charge in [0.2, 0.25) is 0 Å². The number of hydrogen-bond donors (Lipinski definition) is 1. The van der Waals surface area contributed by atoms with Gasteiger partial charge in [0, 0.05) is 19.8 Å². The summed E-state index contributed by atoms with van der Waals surface area (Å²) >= 11 is 0. The van der Waals surface area contributed by atoms with E-state index in [0.717, 1.165) is 18.7 Å². The third kappa shape index (κ3) is 2.45. The largest absolute Gasteiger partial charge is 0.382 e. The first-order valence-corrected chi connectivity index (χ1v) is 3.66. The standard InChI is InChI=1S/C8H13N3/c1-3-4-5-9-8-6-10-11(2)7-8/h3,6-7,9H,1,4-5H2,2H3. The molecule has 3 nitrogen and oxygen atoms in total. The molecule has 0 aromatic carbocycles. The number of hydrogen-bond acceptors (Lipinski definition) is 2. The summed E-state index contributed by atoms with van der Waals surface area (Å²) in [5.74, 6) is 0. The first kappa shape index (κ1) is 7.85. The zero-order valence-corrected chi connectivity index (χ0v) is 6.75. The van der Waals surface area contributed by atoms with Gasteiger partial charge >= 0.3 is 0 Å². The highest BCUT2D eigenvalue weighted by molar-refractivity contribution is 5.37. The van der Waals surface area contributed by atoms with E-state index in [1.165, 1.54) is 0 Å². The summed E-state index contributed by atoms with van der Waals surface area (Å²) in [7, 11) is 1.90. The van der Waals surface area contributed by atoms with Crippen LogP contribution in [0.2, 0.25) is 0 Å². The summed E-state index contributed by atoms with van der Waals surface area (Å²) in [6.45, 7) is 4.56. The Labute approximate surface area is 66.7 Å². The summed E-state index contributed by atoms with van der Waals surface area (Å²) in [6.07, 6.45) is 6.63. The number of aromatic nitrogens is 2. The average molecular weight is 151 g/mol. The normalized spacial score (nSPS) is 9.55. The Morgan fingerprint density at radius 3 is 3.18 bits per heavy atom. The highest BCUT2D eigenvalue weighted by Gasteiger charge is 1.91. The molecule has 1 N–H and O–H groups in total. The summed E-state index contributed by atoms with van der Waals surface area (Å²) in [5, 5.41) is 7.24. The van der Waals surface area contributed by atoms with Crippen LogP contribution in [0, 0.1) is 0 Å². The lowest BCUT2D eigenvalue weighted by Gasteiger charge is -1.97. The maximum atomic E-state index is 4.02. The molecule has 0 saturated carbocycles. The van der Waals surface area contributed by atoms with Gasteiger partial charge in [-0.1, -0.05) is 6.08 Å². The van der Waals surface area contributed by atoms with E-state index in [0.29, 0.717) is 0 Å². The molecule has 0 fully saturated rings. The van der Waals surface area contributed by atoms with Gasteiger partial charge in [-0.2, -0.15) is 5.10 Å². The molecule has 1 heterocycles. The molecule has 3 heteroatoms. The second-order valence-corrected chi connectivity index (χ2v) is 2.41. The zero-order valence-electron chi connectivity index (χ0n) is 6.75. The van der Waals surface area contributed by atoms with Crippen LogP contribution in [-0.2, 0) is 7.05 Å². The molecule has 11 heavy (non-hydrogen) atoms. The zero-order chi connectivity index (χ0) is 8.10. The lowest BCUT2D eigenvalue weighted by molar-refractivity contribution is 0.768. The van der Waals surface area contributed by atoms with Crippen molar-refractivity contribution in [2.45, 2.75) is 6.42 Å². The first-order chi connectivity index (χ1) is 5.33. The Morgan fingerprint density at radius 2 is 2.64 bits per heavy atom. The minimum absolute atomic E-state index is 0.926. The van der Waals surface area contributed by atoms with E-state index >= 15 is 0 Å². The van der Waals surface area contributed by atoms with Gasteiger partial charge in [0.25, 0.3) is 0 Å². The lowest BCUT2D eigenvalue weighted by Crippen LogP contribution is -1.98. The third-order valence-electron chi connectivity index (χ3n) is 1.38. The molecule has 1 aromatic rings. The third-order valence-corrected chi connectivity index (χ3v) is 1.38. The molecule has 0 aliphatic heterocycles.